The van der Waals surface area contributed by atoms with Gasteiger partial charge in [0.05, 0.1) is 12.7 Å². The Morgan fingerprint density at radius 1 is 1.56 bits per heavy atom. The smallest absolute Gasteiger partial charge is 0.140 e. The highest BCUT2D eigenvalue weighted by atomic mass is 16.5. The summed E-state index contributed by atoms with van der Waals surface area (Å²) in [5, 5.41) is 22.1. The van der Waals surface area contributed by atoms with Gasteiger partial charge >= 0.3 is 0 Å². The van der Waals surface area contributed by atoms with Gasteiger partial charge in [-0.1, -0.05) is 0 Å². The number of hydrogen-bond acceptors (Lipinski definition) is 4. The van der Waals surface area contributed by atoms with Gasteiger partial charge in [0.2, 0.25) is 0 Å². The van der Waals surface area contributed by atoms with Crippen LogP contribution in [0.15, 0.2) is 12.1 Å². The summed E-state index contributed by atoms with van der Waals surface area (Å²) in [6.45, 7) is 0.956. The average Bonchev–Trinajstić information content (AvgIpc) is 2.82. The van der Waals surface area contributed by atoms with Crippen LogP contribution >= 0.6 is 0 Å². The fourth-order valence-electron chi connectivity index (χ4n) is 2.07. The Balaban J connectivity index is 2.42. The number of rotatable bonds is 2. The average molecular weight is 218 g/mol. The van der Waals surface area contributed by atoms with Gasteiger partial charge in [0, 0.05) is 17.7 Å². The molecule has 1 heterocycles. The molecule has 1 aromatic carbocycles. The van der Waals surface area contributed by atoms with E-state index in [1.54, 1.807) is 6.07 Å². The van der Waals surface area contributed by atoms with E-state index in [9.17, 15) is 5.11 Å². The fraction of sp³-hybridized carbons (Fsp3) is 0.417. The predicted octanol–water partition coefficient (Wildman–Crippen LogP) is 1.70. The molecular formula is C12H14N2O2. The maximum atomic E-state index is 9.87. The van der Waals surface area contributed by atoms with E-state index in [-0.39, 0.29) is 11.8 Å². The van der Waals surface area contributed by atoms with E-state index in [2.05, 4.69) is 11.4 Å². The topological polar surface area (TPSA) is 65.3 Å². The van der Waals surface area contributed by atoms with Crippen molar-refractivity contribution < 1.29 is 9.84 Å². The van der Waals surface area contributed by atoms with Crippen molar-refractivity contribution in [2.75, 3.05) is 13.7 Å². The second-order valence-corrected chi connectivity index (χ2v) is 3.87. The van der Waals surface area contributed by atoms with Crippen molar-refractivity contribution in [1.29, 1.82) is 5.26 Å². The van der Waals surface area contributed by atoms with Gasteiger partial charge in [0.25, 0.3) is 0 Å². The normalized spacial score (nSPS) is 19.4. The van der Waals surface area contributed by atoms with Crippen molar-refractivity contribution in [2.24, 2.45) is 0 Å². The van der Waals surface area contributed by atoms with Crippen LogP contribution in [-0.2, 0) is 0 Å². The predicted molar refractivity (Wildman–Crippen MR) is 59.4 cm³/mol. The van der Waals surface area contributed by atoms with Crippen LogP contribution in [0.5, 0.6) is 11.5 Å². The van der Waals surface area contributed by atoms with Crippen molar-refractivity contribution in [1.82, 2.24) is 5.32 Å². The van der Waals surface area contributed by atoms with E-state index in [0.717, 1.165) is 24.9 Å². The van der Waals surface area contributed by atoms with Crippen LogP contribution in [-0.4, -0.2) is 18.8 Å². The van der Waals surface area contributed by atoms with E-state index >= 15 is 0 Å². The lowest BCUT2D eigenvalue weighted by Crippen LogP contribution is -2.13. The van der Waals surface area contributed by atoms with Crippen LogP contribution in [0.1, 0.15) is 30.0 Å². The molecule has 0 amide bonds. The van der Waals surface area contributed by atoms with Crippen LogP contribution in [0.25, 0.3) is 0 Å². The molecule has 1 saturated heterocycles. The highest BCUT2D eigenvalue weighted by molar-refractivity contribution is 5.52. The standard InChI is InChI=1S/C12H14N2O2/c1-16-12-6-11(15)9(5-8(12)7-13)10-3-2-4-14-10/h5-6,10,14-15H,2-4H2,1H3. The lowest BCUT2D eigenvalue weighted by molar-refractivity contribution is 0.403. The van der Waals surface area contributed by atoms with Crippen LogP contribution in [0.4, 0.5) is 0 Å². The molecule has 0 bridgehead atoms. The number of benzene rings is 1. The van der Waals surface area contributed by atoms with Crippen molar-refractivity contribution in [3.63, 3.8) is 0 Å². The molecule has 1 aromatic rings. The summed E-state index contributed by atoms with van der Waals surface area (Å²) < 4.78 is 5.03. The molecule has 2 N–H and O–H groups in total. The maximum absolute atomic E-state index is 9.87. The minimum Gasteiger partial charge on any atom is -0.507 e. The molecule has 0 aliphatic carbocycles. The Kier molecular flexibility index (Phi) is 2.97. The SMILES string of the molecule is COc1cc(O)c(C2CCCN2)cc1C#N. The molecular weight excluding hydrogens is 204 g/mol. The molecule has 1 aliphatic heterocycles. The molecule has 0 aromatic heterocycles. The third kappa shape index (κ3) is 1.82. The Bertz CT molecular complexity index is 431. The largest absolute Gasteiger partial charge is 0.507 e. The molecule has 0 saturated carbocycles. The maximum Gasteiger partial charge on any atom is 0.140 e. The first-order valence-electron chi connectivity index (χ1n) is 5.30. The highest BCUT2D eigenvalue weighted by Crippen LogP contribution is 2.34. The molecule has 4 heteroatoms. The monoisotopic (exact) mass is 218 g/mol. The van der Waals surface area contributed by atoms with Gasteiger partial charge in [-0.2, -0.15) is 5.26 Å². The second kappa shape index (κ2) is 4.42. The van der Waals surface area contributed by atoms with Gasteiger partial charge in [-0.25, -0.2) is 0 Å². The first kappa shape index (κ1) is 10.8. The lowest BCUT2D eigenvalue weighted by atomic mass is 10.0. The molecule has 1 aliphatic rings. The number of nitrogens with one attached hydrogen (secondary N) is 1. The number of phenolic OH excluding ortho intramolecular Hbond substituents is 1. The summed E-state index contributed by atoms with van der Waals surface area (Å²) in [4.78, 5) is 0. The molecule has 4 nitrogen and oxygen atoms in total. The highest BCUT2D eigenvalue weighted by Gasteiger charge is 2.21. The van der Waals surface area contributed by atoms with Crippen molar-refractivity contribution in [2.45, 2.75) is 18.9 Å². The van der Waals surface area contributed by atoms with Crippen LogP contribution < -0.4 is 10.1 Å². The second-order valence-electron chi connectivity index (χ2n) is 3.87. The summed E-state index contributed by atoms with van der Waals surface area (Å²) in [6.07, 6.45) is 2.09. The number of nitriles is 1. The fourth-order valence-corrected chi connectivity index (χ4v) is 2.07. The number of nitrogens with zero attached hydrogens (tertiary/aromatic N) is 1. The zero-order valence-corrected chi connectivity index (χ0v) is 9.16. The van der Waals surface area contributed by atoms with Gasteiger partial charge in [0.1, 0.15) is 17.6 Å². The Labute approximate surface area is 94.5 Å². The van der Waals surface area contributed by atoms with Crippen molar-refractivity contribution >= 4 is 0 Å². The molecule has 84 valence electrons. The number of hydrogen-bond donors (Lipinski definition) is 2. The molecule has 16 heavy (non-hydrogen) atoms. The van der Waals surface area contributed by atoms with Crippen LogP contribution in [0, 0.1) is 11.3 Å². The molecule has 1 fully saturated rings. The molecule has 1 unspecified atom stereocenters. The Hall–Kier alpha value is -1.73. The first-order valence-corrected chi connectivity index (χ1v) is 5.30. The summed E-state index contributed by atoms with van der Waals surface area (Å²) in [5.74, 6) is 0.608. The minimum absolute atomic E-state index is 0.151. The van der Waals surface area contributed by atoms with Crippen LogP contribution in [0.2, 0.25) is 0 Å². The van der Waals surface area contributed by atoms with E-state index in [1.807, 2.05) is 0 Å². The summed E-state index contributed by atoms with van der Waals surface area (Å²) in [6, 6.07) is 5.44. The van der Waals surface area contributed by atoms with Gasteiger partial charge in [-0.05, 0) is 25.5 Å². The number of ether oxygens (including phenoxy) is 1. The quantitative estimate of drug-likeness (QED) is 0.793. The zero-order chi connectivity index (χ0) is 11.5. The van der Waals surface area contributed by atoms with E-state index in [1.165, 1.54) is 13.2 Å². The van der Waals surface area contributed by atoms with Crippen LogP contribution in [0.3, 0.4) is 0 Å². The Morgan fingerprint density at radius 3 is 2.94 bits per heavy atom. The van der Waals surface area contributed by atoms with E-state index in [4.69, 9.17) is 10.00 Å². The van der Waals surface area contributed by atoms with Gasteiger partial charge < -0.3 is 15.2 Å². The number of aromatic hydroxyl groups is 1. The lowest BCUT2D eigenvalue weighted by Gasteiger charge is -2.14. The summed E-state index contributed by atoms with van der Waals surface area (Å²) >= 11 is 0. The van der Waals surface area contributed by atoms with Gasteiger partial charge in [0.15, 0.2) is 0 Å². The zero-order valence-electron chi connectivity index (χ0n) is 9.16. The van der Waals surface area contributed by atoms with Gasteiger partial charge in [-0.3, -0.25) is 0 Å². The number of phenols is 1. The van der Waals surface area contributed by atoms with Crippen molar-refractivity contribution in [3.05, 3.63) is 23.3 Å². The van der Waals surface area contributed by atoms with E-state index in [0.29, 0.717) is 11.3 Å². The molecule has 1 atom stereocenters. The molecule has 0 radical (unpaired) electrons. The minimum atomic E-state index is 0.151. The molecule has 2 rings (SSSR count). The summed E-state index contributed by atoms with van der Waals surface area (Å²) in [7, 11) is 1.49. The number of methoxy groups -OCH3 is 1. The third-order valence-electron chi connectivity index (χ3n) is 2.90. The third-order valence-corrected chi connectivity index (χ3v) is 2.90. The van der Waals surface area contributed by atoms with E-state index < -0.39 is 0 Å². The summed E-state index contributed by atoms with van der Waals surface area (Å²) in [5.41, 5.74) is 1.25. The van der Waals surface area contributed by atoms with Gasteiger partial charge in [-0.15, -0.1) is 0 Å². The Morgan fingerprint density at radius 2 is 2.38 bits per heavy atom. The molecule has 0 spiro atoms. The van der Waals surface area contributed by atoms with Crippen molar-refractivity contribution in [3.8, 4) is 17.6 Å². The first-order chi connectivity index (χ1) is 7.76.